The van der Waals surface area contributed by atoms with Gasteiger partial charge in [-0.15, -0.1) is 0 Å². The predicted octanol–water partition coefficient (Wildman–Crippen LogP) is 2.79. The molecule has 1 heterocycles. The first-order valence-corrected chi connectivity index (χ1v) is 6.88. The number of hydrogen-bond donors (Lipinski definition) is 2. The van der Waals surface area contributed by atoms with Crippen LogP contribution in [0, 0.1) is 5.92 Å². The third-order valence-electron chi connectivity index (χ3n) is 4.05. The normalized spacial score (nSPS) is 18.4. The number of aliphatic carboxylic acids is 1. The molecule has 1 aliphatic heterocycles. The molecule has 1 atom stereocenters. The van der Waals surface area contributed by atoms with Crippen LogP contribution in [0.3, 0.4) is 0 Å². The fourth-order valence-corrected chi connectivity index (χ4v) is 2.96. The zero-order chi connectivity index (χ0) is 14.1. The van der Waals surface area contributed by atoms with Crippen molar-refractivity contribution in [3.8, 4) is 0 Å². The van der Waals surface area contributed by atoms with E-state index >= 15 is 0 Å². The smallest absolute Gasteiger partial charge is 0.308 e. The lowest BCUT2D eigenvalue weighted by molar-refractivity contribution is -0.140. The molecular weight excluding hydrogens is 252 g/mol. The lowest BCUT2D eigenvalue weighted by atomic mass is 10.1. The Morgan fingerprint density at radius 2 is 2.00 bits per heavy atom. The van der Waals surface area contributed by atoms with Gasteiger partial charge < -0.3 is 15.3 Å². The molecule has 0 spiro atoms. The van der Waals surface area contributed by atoms with E-state index in [0.717, 1.165) is 24.3 Å². The van der Waals surface area contributed by atoms with Gasteiger partial charge in [-0.25, -0.2) is 0 Å². The highest BCUT2D eigenvalue weighted by Gasteiger charge is 2.28. The number of fused-ring (bicyclic) bond motifs is 1. The number of hydrogen-bond acceptors (Lipinski definition) is 3. The molecule has 0 bridgehead atoms. The monoisotopic (exact) mass is 270 g/mol. The van der Waals surface area contributed by atoms with E-state index in [4.69, 9.17) is 5.11 Å². The standard InChI is InChI=1S/C16H18N2O2/c1-17-14-6-7-15(13-5-3-2-4-12(13)14)18-9-8-11(10-18)16(19)20/h2-7,11,17H,8-10H2,1H3,(H,19,20)/t11-/m1/s1. The molecule has 1 aliphatic rings. The molecule has 104 valence electrons. The second-order valence-electron chi connectivity index (χ2n) is 5.20. The predicted molar refractivity (Wildman–Crippen MR) is 81.5 cm³/mol. The minimum atomic E-state index is -0.691. The second kappa shape index (κ2) is 5.04. The molecule has 20 heavy (non-hydrogen) atoms. The Kier molecular flexibility index (Phi) is 3.22. The van der Waals surface area contributed by atoms with E-state index in [1.54, 1.807) is 0 Å². The van der Waals surface area contributed by atoms with Crippen molar-refractivity contribution in [3.63, 3.8) is 0 Å². The van der Waals surface area contributed by atoms with Crippen LogP contribution < -0.4 is 10.2 Å². The average molecular weight is 270 g/mol. The van der Waals surface area contributed by atoms with Crippen molar-refractivity contribution < 1.29 is 9.90 Å². The maximum Gasteiger partial charge on any atom is 0.308 e. The molecule has 0 aromatic heterocycles. The topological polar surface area (TPSA) is 52.6 Å². The number of benzene rings is 2. The SMILES string of the molecule is CNc1ccc(N2CC[C@@H](C(=O)O)C2)c2ccccc12. The van der Waals surface area contributed by atoms with Gasteiger partial charge in [0.05, 0.1) is 5.92 Å². The van der Waals surface area contributed by atoms with Crippen LogP contribution in [0.15, 0.2) is 36.4 Å². The highest BCUT2D eigenvalue weighted by molar-refractivity contribution is 6.02. The van der Waals surface area contributed by atoms with Gasteiger partial charge in [-0.05, 0) is 18.6 Å². The van der Waals surface area contributed by atoms with Crippen LogP contribution in [0.5, 0.6) is 0 Å². The summed E-state index contributed by atoms with van der Waals surface area (Å²) < 4.78 is 0. The van der Waals surface area contributed by atoms with E-state index in [2.05, 4.69) is 34.5 Å². The van der Waals surface area contributed by atoms with E-state index in [9.17, 15) is 4.79 Å². The summed E-state index contributed by atoms with van der Waals surface area (Å²) in [7, 11) is 1.91. The van der Waals surface area contributed by atoms with Crippen LogP contribution in [0.4, 0.5) is 11.4 Å². The number of carboxylic acids is 1. The van der Waals surface area contributed by atoms with Crippen molar-refractivity contribution in [3.05, 3.63) is 36.4 Å². The number of anilines is 2. The van der Waals surface area contributed by atoms with Crippen LogP contribution in [-0.2, 0) is 4.79 Å². The first-order chi connectivity index (χ1) is 9.70. The largest absolute Gasteiger partial charge is 0.481 e. The maximum atomic E-state index is 11.1. The zero-order valence-corrected chi connectivity index (χ0v) is 11.5. The third-order valence-corrected chi connectivity index (χ3v) is 4.05. The van der Waals surface area contributed by atoms with Crippen molar-refractivity contribution in [2.75, 3.05) is 30.4 Å². The number of nitrogens with one attached hydrogen (secondary N) is 1. The molecule has 0 radical (unpaired) electrons. The van der Waals surface area contributed by atoms with Gasteiger partial charge in [0.15, 0.2) is 0 Å². The fraction of sp³-hybridized carbons (Fsp3) is 0.312. The van der Waals surface area contributed by atoms with E-state index in [1.165, 1.54) is 10.8 Å². The Morgan fingerprint density at radius 1 is 1.25 bits per heavy atom. The summed E-state index contributed by atoms with van der Waals surface area (Å²) in [6.45, 7) is 1.40. The molecular formula is C16H18N2O2. The summed E-state index contributed by atoms with van der Waals surface area (Å²) in [5, 5.41) is 14.7. The van der Waals surface area contributed by atoms with E-state index < -0.39 is 5.97 Å². The molecule has 2 N–H and O–H groups in total. The Morgan fingerprint density at radius 3 is 2.65 bits per heavy atom. The summed E-state index contributed by atoms with van der Waals surface area (Å²) in [6, 6.07) is 12.4. The second-order valence-corrected chi connectivity index (χ2v) is 5.20. The quantitative estimate of drug-likeness (QED) is 0.900. The Balaban J connectivity index is 2.03. The number of rotatable bonds is 3. The number of carboxylic acid groups (broad SMARTS) is 1. The first-order valence-electron chi connectivity index (χ1n) is 6.88. The van der Waals surface area contributed by atoms with Crippen molar-refractivity contribution in [1.82, 2.24) is 0 Å². The summed E-state index contributed by atoms with van der Waals surface area (Å²) in [5.41, 5.74) is 2.22. The maximum absolute atomic E-state index is 11.1. The van der Waals surface area contributed by atoms with Crippen LogP contribution in [0.25, 0.3) is 10.8 Å². The molecule has 0 aliphatic carbocycles. The first kappa shape index (κ1) is 12.8. The Bertz CT molecular complexity index is 654. The minimum absolute atomic E-state index is 0.252. The summed E-state index contributed by atoms with van der Waals surface area (Å²) in [6.07, 6.45) is 0.720. The van der Waals surface area contributed by atoms with E-state index in [-0.39, 0.29) is 5.92 Å². The number of carbonyl (C=O) groups is 1. The molecule has 0 amide bonds. The zero-order valence-electron chi connectivity index (χ0n) is 11.5. The molecule has 1 saturated heterocycles. The minimum Gasteiger partial charge on any atom is -0.481 e. The van der Waals surface area contributed by atoms with Gasteiger partial charge in [-0.3, -0.25) is 4.79 Å². The highest BCUT2D eigenvalue weighted by atomic mass is 16.4. The Labute approximate surface area is 118 Å². The molecule has 0 unspecified atom stereocenters. The van der Waals surface area contributed by atoms with Gasteiger partial charge >= 0.3 is 5.97 Å². The molecule has 0 saturated carbocycles. The van der Waals surface area contributed by atoms with Gasteiger partial charge in [0.1, 0.15) is 0 Å². The fourth-order valence-electron chi connectivity index (χ4n) is 2.96. The van der Waals surface area contributed by atoms with Crippen LogP contribution in [0.2, 0.25) is 0 Å². The molecule has 4 heteroatoms. The van der Waals surface area contributed by atoms with Crippen LogP contribution >= 0.6 is 0 Å². The highest BCUT2D eigenvalue weighted by Crippen LogP contribution is 2.34. The molecule has 2 aromatic rings. The van der Waals surface area contributed by atoms with Crippen molar-refractivity contribution >= 4 is 28.1 Å². The number of nitrogens with zero attached hydrogens (tertiary/aromatic N) is 1. The van der Waals surface area contributed by atoms with Gasteiger partial charge in [0, 0.05) is 42.3 Å². The summed E-state index contributed by atoms with van der Waals surface area (Å²) in [5.74, 6) is -0.943. The molecule has 4 nitrogen and oxygen atoms in total. The van der Waals surface area contributed by atoms with Crippen molar-refractivity contribution in [2.45, 2.75) is 6.42 Å². The van der Waals surface area contributed by atoms with Crippen LogP contribution in [0.1, 0.15) is 6.42 Å². The molecule has 2 aromatic carbocycles. The molecule has 3 rings (SSSR count). The van der Waals surface area contributed by atoms with Crippen molar-refractivity contribution in [2.24, 2.45) is 5.92 Å². The van der Waals surface area contributed by atoms with Gasteiger partial charge in [-0.1, -0.05) is 24.3 Å². The van der Waals surface area contributed by atoms with Crippen molar-refractivity contribution in [1.29, 1.82) is 0 Å². The third kappa shape index (κ3) is 2.07. The van der Waals surface area contributed by atoms with Gasteiger partial charge in [-0.2, -0.15) is 0 Å². The lowest BCUT2D eigenvalue weighted by Gasteiger charge is -2.21. The molecule has 1 fully saturated rings. The van der Waals surface area contributed by atoms with Crippen LogP contribution in [-0.4, -0.2) is 31.2 Å². The Hall–Kier alpha value is -2.23. The van der Waals surface area contributed by atoms with E-state index in [1.807, 2.05) is 19.2 Å². The van der Waals surface area contributed by atoms with Gasteiger partial charge in [0.25, 0.3) is 0 Å². The van der Waals surface area contributed by atoms with Gasteiger partial charge in [0.2, 0.25) is 0 Å². The lowest BCUT2D eigenvalue weighted by Crippen LogP contribution is -2.22. The summed E-state index contributed by atoms with van der Waals surface area (Å²) in [4.78, 5) is 13.3. The summed E-state index contributed by atoms with van der Waals surface area (Å²) >= 11 is 0. The van der Waals surface area contributed by atoms with E-state index in [0.29, 0.717) is 6.54 Å². The average Bonchev–Trinajstić information content (AvgIpc) is 2.96.